The van der Waals surface area contributed by atoms with Crippen molar-refractivity contribution in [2.24, 2.45) is 0 Å². The van der Waals surface area contributed by atoms with E-state index in [4.69, 9.17) is 16.7 Å². The second kappa shape index (κ2) is 9.52. The molecular formula is C20H20ClIN2O2S. The van der Waals surface area contributed by atoms with Crippen LogP contribution in [0.4, 0.5) is 5.69 Å². The van der Waals surface area contributed by atoms with Crippen molar-refractivity contribution < 1.29 is 38.4 Å². The summed E-state index contributed by atoms with van der Waals surface area (Å²) in [6.07, 6.45) is 4.15. The Hall–Kier alpha value is -1.64. The highest BCUT2D eigenvalue weighted by Crippen LogP contribution is 2.25. The first kappa shape index (κ1) is 21.7. The van der Waals surface area contributed by atoms with Gasteiger partial charge in [0.2, 0.25) is 5.52 Å². The number of nitrogens with zero attached hydrogens (tertiary/aromatic N) is 2. The zero-order chi connectivity index (χ0) is 18.7. The fraction of sp³-hybridized carbons (Fsp3) is 0.200. The minimum atomic E-state index is -0.812. The summed E-state index contributed by atoms with van der Waals surface area (Å²) in [5.41, 5.74) is 3.21. The monoisotopic (exact) mass is 514 g/mol. The average molecular weight is 515 g/mol. The van der Waals surface area contributed by atoms with E-state index in [9.17, 15) is 4.79 Å². The lowest BCUT2D eigenvalue weighted by molar-refractivity contribution is -0.667. The Morgan fingerprint density at radius 3 is 2.52 bits per heavy atom. The van der Waals surface area contributed by atoms with Gasteiger partial charge >= 0.3 is 5.97 Å². The second-order valence-electron chi connectivity index (χ2n) is 6.17. The number of aliphatic carboxylic acids is 1. The third-order valence-electron chi connectivity index (χ3n) is 4.07. The van der Waals surface area contributed by atoms with Gasteiger partial charge in [0.05, 0.1) is 0 Å². The molecule has 3 rings (SSSR count). The highest BCUT2D eigenvalue weighted by Gasteiger charge is 2.19. The van der Waals surface area contributed by atoms with Crippen LogP contribution in [0.15, 0.2) is 42.5 Å². The smallest absolute Gasteiger partial charge is 0.309 e. The number of aryl methyl sites for hydroxylation is 1. The lowest BCUT2D eigenvalue weighted by Crippen LogP contribution is -3.00. The SMILES string of the molecule is CN(C)c1ccc(C=Cc2sc3ccc(Cl)cc3[n+]2CCC(=O)O)cc1.[I-]. The van der Waals surface area contributed by atoms with Gasteiger partial charge < -0.3 is 34.0 Å². The van der Waals surface area contributed by atoms with Crippen molar-refractivity contribution in [3.05, 3.63) is 58.1 Å². The van der Waals surface area contributed by atoms with Gasteiger partial charge in [0.15, 0.2) is 6.54 Å². The summed E-state index contributed by atoms with van der Waals surface area (Å²) in [6, 6.07) is 14.0. The van der Waals surface area contributed by atoms with Gasteiger partial charge in [0.1, 0.15) is 11.1 Å². The first-order valence-corrected chi connectivity index (χ1v) is 9.42. The van der Waals surface area contributed by atoms with Gasteiger partial charge in [-0.2, -0.15) is 4.57 Å². The maximum atomic E-state index is 11.0. The van der Waals surface area contributed by atoms with Crippen molar-refractivity contribution in [3.8, 4) is 0 Å². The van der Waals surface area contributed by atoms with Crippen molar-refractivity contribution in [2.45, 2.75) is 13.0 Å². The molecule has 0 saturated heterocycles. The second-order valence-corrected chi connectivity index (χ2v) is 7.67. The molecule has 1 heterocycles. The first-order chi connectivity index (χ1) is 12.4. The number of carboxylic acid groups (broad SMARTS) is 1. The maximum absolute atomic E-state index is 11.0. The number of anilines is 1. The molecule has 0 aliphatic carbocycles. The lowest BCUT2D eigenvalue weighted by Gasteiger charge is -2.11. The van der Waals surface area contributed by atoms with Gasteiger partial charge in [0, 0.05) is 36.9 Å². The van der Waals surface area contributed by atoms with Crippen molar-refractivity contribution >= 4 is 57.0 Å². The molecule has 0 amide bonds. The van der Waals surface area contributed by atoms with Crippen molar-refractivity contribution in [2.75, 3.05) is 19.0 Å². The molecule has 4 nitrogen and oxygen atoms in total. The van der Waals surface area contributed by atoms with Gasteiger partial charge in [-0.05, 0) is 35.9 Å². The molecule has 0 unspecified atom stereocenters. The maximum Gasteiger partial charge on any atom is 0.309 e. The van der Waals surface area contributed by atoms with Crippen LogP contribution in [-0.4, -0.2) is 25.2 Å². The van der Waals surface area contributed by atoms with Gasteiger partial charge in [0.25, 0.3) is 5.01 Å². The molecule has 2 aromatic carbocycles. The fourth-order valence-corrected chi connectivity index (χ4v) is 3.92. The Kier molecular flexibility index (Phi) is 7.64. The van der Waals surface area contributed by atoms with E-state index in [-0.39, 0.29) is 30.4 Å². The molecule has 0 spiro atoms. The van der Waals surface area contributed by atoms with Crippen LogP contribution in [0.5, 0.6) is 0 Å². The highest BCUT2D eigenvalue weighted by atomic mass is 127. The molecule has 142 valence electrons. The predicted molar refractivity (Wildman–Crippen MR) is 109 cm³/mol. The summed E-state index contributed by atoms with van der Waals surface area (Å²) in [5, 5.41) is 10.7. The molecule has 0 bridgehead atoms. The molecule has 1 aromatic heterocycles. The number of thiazole rings is 1. The Labute approximate surface area is 184 Å². The van der Waals surface area contributed by atoms with E-state index < -0.39 is 5.97 Å². The summed E-state index contributed by atoms with van der Waals surface area (Å²) in [7, 11) is 4.02. The first-order valence-electron chi connectivity index (χ1n) is 8.23. The highest BCUT2D eigenvalue weighted by molar-refractivity contribution is 7.18. The number of hydrogen-bond acceptors (Lipinski definition) is 3. The van der Waals surface area contributed by atoms with Gasteiger partial charge in [-0.25, -0.2) is 0 Å². The number of fused-ring (bicyclic) bond motifs is 1. The van der Waals surface area contributed by atoms with Gasteiger partial charge in [-0.1, -0.05) is 35.1 Å². The normalized spacial score (nSPS) is 10.9. The minimum Gasteiger partial charge on any atom is -1.00 e. The fourth-order valence-electron chi connectivity index (χ4n) is 2.69. The number of hydrogen-bond donors (Lipinski definition) is 1. The topological polar surface area (TPSA) is 44.4 Å². The van der Waals surface area contributed by atoms with E-state index in [1.54, 1.807) is 11.3 Å². The standard InChI is InChI=1S/C20H19ClN2O2S.HI/c1-22(2)16-7-3-14(4-8-16)5-10-19-23(12-11-20(24)25)17-13-15(21)6-9-18(17)26-19;/h3-10,13H,11-12H2,1-2H3;1H. The number of halogens is 2. The number of carboxylic acids is 1. The van der Waals surface area contributed by atoms with Gasteiger partial charge in [-0.3, -0.25) is 4.79 Å². The quantitative estimate of drug-likeness (QED) is 0.401. The van der Waals surface area contributed by atoms with Crippen LogP contribution in [0, 0.1) is 0 Å². The molecule has 3 aromatic rings. The molecular weight excluding hydrogens is 495 g/mol. The summed E-state index contributed by atoms with van der Waals surface area (Å²) in [6.45, 7) is 0.412. The Morgan fingerprint density at radius 1 is 1.19 bits per heavy atom. The molecule has 0 atom stereocenters. The van der Waals surface area contributed by atoms with Crippen molar-refractivity contribution in [1.29, 1.82) is 0 Å². The molecule has 7 heteroatoms. The van der Waals surface area contributed by atoms with E-state index in [1.807, 2.05) is 49.0 Å². The molecule has 0 fully saturated rings. The van der Waals surface area contributed by atoms with Crippen molar-refractivity contribution in [3.63, 3.8) is 0 Å². The largest absolute Gasteiger partial charge is 1.00 e. The van der Waals surface area contributed by atoms with Crippen LogP contribution < -0.4 is 33.4 Å². The molecule has 0 radical (unpaired) electrons. The zero-order valence-corrected chi connectivity index (χ0v) is 18.8. The molecule has 0 aliphatic rings. The number of rotatable bonds is 6. The predicted octanol–water partition coefficient (Wildman–Crippen LogP) is 1.56. The summed E-state index contributed by atoms with van der Waals surface area (Å²) < 4.78 is 3.10. The van der Waals surface area contributed by atoms with E-state index in [0.717, 1.165) is 26.5 Å². The molecule has 27 heavy (non-hydrogen) atoms. The van der Waals surface area contributed by atoms with Crippen LogP contribution in [0.3, 0.4) is 0 Å². The average Bonchev–Trinajstić information content (AvgIpc) is 2.95. The van der Waals surface area contributed by atoms with Crippen LogP contribution in [0.1, 0.15) is 17.0 Å². The van der Waals surface area contributed by atoms with Crippen LogP contribution in [-0.2, 0) is 11.3 Å². The third kappa shape index (κ3) is 5.43. The Morgan fingerprint density at radius 2 is 1.89 bits per heavy atom. The van der Waals surface area contributed by atoms with Crippen molar-refractivity contribution in [1.82, 2.24) is 0 Å². The van der Waals surface area contributed by atoms with E-state index in [2.05, 4.69) is 29.2 Å². The molecule has 0 saturated carbocycles. The summed E-state index contributed by atoms with van der Waals surface area (Å²) in [4.78, 5) is 13.1. The van der Waals surface area contributed by atoms with Crippen LogP contribution in [0.2, 0.25) is 5.02 Å². The van der Waals surface area contributed by atoms with E-state index >= 15 is 0 Å². The Bertz CT molecular complexity index is 968. The molecule has 1 N–H and O–H groups in total. The summed E-state index contributed by atoms with van der Waals surface area (Å²) >= 11 is 7.76. The zero-order valence-electron chi connectivity index (χ0n) is 15.0. The van der Waals surface area contributed by atoms with Crippen LogP contribution in [0.25, 0.3) is 22.4 Å². The summed E-state index contributed by atoms with van der Waals surface area (Å²) in [5.74, 6) is -0.812. The number of aromatic nitrogens is 1. The number of carbonyl (C=O) groups is 1. The van der Waals surface area contributed by atoms with Crippen LogP contribution >= 0.6 is 22.9 Å². The lowest BCUT2D eigenvalue weighted by atomic mass is 10.2. The number of benzene rings is 2. The van der Waals surface area contributed by atoms with E-state index in [0.29, 0.717) is 11.6 Å². The van der Waals surface area contributed by atoms with Gasteiger partial charge in [-0.15, -0.1) is 0 Å². The van der Waals surface area contributed by atoms with E-state index in [1.165, 1.54) is 0 Å². The molecule has 0 aliphatic heterocycles. The third-order valence-corrected chi connectivity index (χ3v) is 5.44. The minimum absolute atomic E-state index is 0. The Balaban J connectivity index is 0.00000261.